The van der Waals surface area contributed by atoms with Crippen LogP contribution in [0.3, 0.4) is 0 Å². The van der Waals surface area contributed by atoms with E-state index in [1.54, 1.807) is 24.3 Å². The van der Waals surface area contributed by atoms with Gasteiger partial charge in [-0.2, -0.15) is 0 Å². The molecule has 0 saturated carbocycles. The number of ether oxygens (including phenoxy) is 1. The molecule has 0 bridgehead atoms. The predicted molar refractivity (Wildman–Crippen MR) is 78.5 cm³/mol. The van der Waals surface area contributed by atoms with Crippen LogP contribution >= 0.6 is 0 Å². The number of aliphatic carboxylic acids is 1. The van der Waals surface area contributed by atoms with Crippen molar-refractivity contribution in [2.75, 3.05) is 6.61 Å². The molecular weight excluding hydrogens is 270 g/mol. The molecule has 2 rings (SSSR count). The van der Waals surface area contributed by atoms with E-state index in [0.29, 0.717) is 11.3 Å². The molecular formula is C16H21NO4. The summed E-state index contributed by atoms with van der Waals surface area (Å²) in [5.41, 5.74) is 0.546. The zero-order valence-electron chi connectivity index (χ0n) is 12.4. The van der Waals surface area contributed by atoms with Gasteiger partial charge in [0, 0.05) is 17.6 Å². The highest BCUT2D eigenvalue weighted by Gasteiger charge is 2.33. The Morgan fingerprint density at radius 3 is 2.81 bits per heavy atom. The van der Waals surface area contributed by atoms with Crippen LogP contribution in [0.5, 0.6) is 5.75 Å². The lowest BCUT2D eigenvalue weighted by Crippen LogP contribution is -2.39. The van der Waals surface area contributed by atoms with E-state index in [4.69, 9.17) is 9.84 Å². The predicted octanol–water partition coefficient (Wildman–Crippen LogP) is 2.55. The molecule has 1 aromatic carbocycles. The Hall–Kier alpha value is -2.04. The molecule has 1 aliphatic heterocycles. The van der Waals surface area contributed by atoms with Gasteiger partial charge in [0.25, 0.3) is 5.91 Å². The van der Waals surface area contributed by atoms with Crippen molar-refractivity contribution in [3.05, 3.63) is 29.8 Å². The fraction of sp³-hybridized carbons (Fsp3) is 0.500. The van der Waals surface area contributed by atoms with Gasteiger partial charge < -0.3 is 14.7 Å². The number of nitrogens with zero attached hydrogens (tertiary/aromatic N) is 1. The Morgan fingerprint density at radius 1 is 1.38 bits per heavy atom. The normalized spacial score (nSPS) is 21.3. The Bertz CT molecular complexity index is 529. The summed E-state index contributed by atoms with van der Waals surface area (Å²) < 4.78 is 5.13. The number of carboxylic acids is 1. The monoisotopic (exact) mass is 291 g/mol. The number of benzene rings is 1. The first kappa shape index (κ1) is 15.4. The van der Waals surface area contributed by atoms with Crippen molar-refractivity contribution in [1.82, 2.24) is 4.90 Å². The summed E-state index contributed by atoms with van der Waals surface area (Å²) in [7, 11) is 0. The Kier molecular flexibility index (Phi) is 4.83. The fourth-order valence-electron chi connectivity index (χ4n) is 2.85. The zero-order valence-corrected chi connectivity index (χ0v) is 12.4. The maximum atomic E-state index is 12.7. The van der Waals surface area contributed by atoms with Crippen molar-refractivity contribution in [3.8, 4) is 5.75 Å². The molecule has 1 fully saturated rings. The molecule has 0 spiro atoms. The van der Waals surface area contributed by atoms with Crippen molar-refractivity contribution in [1.29, 1.82) is 0 Å². The van der Waals surface area contributed by atoms with Gasteiger partial charge in [0.15, 0.2) is 6.61 Å². The molecule has 2 atom stereocenters. The smallest absolute Gasteiger partial charge is 0.341 e. The van der Waals surface area contributed by atoms with E-state index in [2.05, 4.69) is 13.8 Å². The molecule has 1 saturated heterocycles. The van der Waals surface area contributed by atoms with Crippen molar-refractivity contribution >= 4 is 11.9 Å². The van der Waals surface area contributed by atoms with Gasteiger partial charge in [-0.1, -0.05) is 13.0 Å². The van der Waals surface area contributed by atoms with Crippen LogP contribution in [0.4, 0.5) is 0 Å². The van der Waals surface area contributed by atoms with Gasteiger partial charge in [-0.05, 0) is 44.4 Å². The molecule has 0 aliphatic carbocycles. The minimum absolute atomic E-state index is 0.00683. The van der Waals surface area contributed by atoms with Crippen LogP contribution < -0.4 is 4.74 Å². The van der Waals surface area contributed by atoms with Crippen molar-refractivity contribution in [2.45, 2.75) is 45.2 Å². The van der Waals surface area contributed by atoms with E-state index in [1.165, 1.54) is 0 Å². The number of likely N-dealkylation sites (tertiary alicyclic amines) is 1. The van der Waals surface area contributed by atoms with E-state index < -0.39 is 12.6 Å². The highest BCUT2D eigenvalue weighted by Crippen LogP contribution is 2.28. The largest absolute Gasteiger partial charge is 0.482 e. The number of hydrogen-bond donors (Lipinski definition) is 1. The molecule has 1 aliphatic rings. The average molecular weight is 291 g/mol. The molecule has 1 heterocycles. The van der Waals surface area contributed by atoms with Crippen LogP contribution in [0.15, 0.2) is 24.3 Å². The average Bonchev–Trinajstić information content (AvgIpc) is 2.85. The molecule has 1 amide bonds. The fourth-order valence-corrected chi connectivity index (χ4v) is 2.85. The second-order valence-corrected chi connectivity index (χ2v) is 5.41. The van der Waals surface area contributed by atoms with Gasteiger partial charge in [0.05, 0.1) is 0 Å². The summed E-state index contributed by atoms with van der Waals surface area (Å²) in [6.45, 7) is 3.75. The molecule has 1 N–H and O–H groups in total. The molecule has 1 aromatic rings. The molecule has 114 valence electrons. The van der Waals surface area contributed by atoms with Gasteiger partial charge in [0.1, 0.15) is 5.75 Å². The summed E-state index contributed by atoms with van der Waals surface area (Å²) in [6.07, 6.45) is 3.02. The lowest BCUT2D eigenvalue weighted by molar-refractivity contribution is -0.139. The van der Waals surface area contributed by atoms with E-state index in [1.807, 2.05) is 4.90 Å². The minimum Gasteiger partial charge on any atom is -0.482 e. The first-order chi connectivity index (χ1) is 10.0. The number of carbonyl (C=O) groups is 2. The highest BCUT2D eigenvalue weighted by molar-refractivity contribution is 5.95. The van der Waals surface area contributed by atoms with E-state index in [0.717, 1.165) is 19.3 Å². The number of rotatable bonds is 5. The summed E-state index contributed by atoms with van der Waals surface area (Å²) in [6, 6.07) is 7.26. The Morgan fingerprint density at radius 2 is 2.14 bits per heavy atom. The maximum Gasteiger partial charge on any atom is 0.341 e. The molecule has 0 aromatic heterocycles. The van der Waals surface area contributed by atoms with Gasteiger partial charge in [0.2, 0.25) is 0 Å². The second kappa shape index (κ2) is 6.61. The molecule has 5 nitrogen and oxygen atoms in total. The van der Waals surface area contributed by atoms with Crippen LogP contribution in [-0.2, 0) is 4.79 Å². The highest BCUT2D eigenvalue weighted by atomic mass is 16.5. The van der Waals surface area contributed by atoms with E-state index >= 15 is 0 Å². The van der Waals surface area contributed by atoms with Crippen molar-refractivity contribution in [2.24, 2.45) is 0 Å². The van der Waals surface area contributed by atoms with Gasteiger partial charge in [-0.25, -0.2) is 4.79 Å². The molecule has 5 heteroatoms. The summed E-state index contributed by atoms with van der Waals surface area (Å²) >= 11 is 0. The third-order valence-electron chi connectivity index (χ3n) is 3.93. The number of carboxylic acid groups (broad SMARTS) is 1. The van der Waals surface area contributed by atoms with Crippen LogP contribution in [0.2, 0.25) is 0 Å². The first-order valence-electron chi connectivity index (χ1n) is 7.30. The number of carbonyl (C=O) groups excluding carboxylic acids is 1. The molecule has 2 unspecified atom stereocenters. The van der Waals surface area contributed by atoms with Crippen molar-refractivity contribution in [3.63, 3.8) is 0 Å². The van der Waals surface area contributed by atoms with Crippen LogP contribution in [-0.4, -0.2) is 40.6 Å². The third-order valence-corrected chi connectivity index (χ3v) is 3.93. The van der Waals surface area contributed by atoms with Gasteiger partial charge in [-0.3, -0.25) is 4.79 Å². The van der Waals surface area contributed by atoms with E-state index in [-0.39, 0.29) is 18.0 Å². The lowest BCUT2D eigenvalue weighted by Gasteiger charge is -2.28. The zero-order chi connectivity index (χ0) is 15.4. The topological polar surface area (TPSA) is 66.8 Å². The Labute approximate surface area is 124 Å². The van der Waals surface area contributed by atoms with Crippen LogP contribution in [0, 0.1) is 0 Å². The van der Waals surface area contributed by atoms with Crippen molar-refractivity contribution < 1.29 is 19.4 Å². The Balaban J connectivity index is 2.15. The maximum absolute atomic E-state index is 12.7. The first-order valence-corrected chi connectivity index (χ1v) is 7.30. The third kappa shape index (κ3) is 3.54. The second-order valence-electron chi connectivity index (χ2n) is 5.41. The summed E-state index contributed by atoms with van der Waals surface area (Å²) in [4.78, 5) is 25.1. The van der Waals surface area contributed by atoms with E-state index in [9.17, 15) is 9.59 Å². The van der Waals surface area contributed by atoms with Crippen LogP contribution in [0.25, 0.3) is 0 Å². The summed E-state index contributed by atoms with van der Waals surface area (Å²) in [5, 5.41) is 8.63. The quantitative estimate of drug-likeness (QED) is 0.905. The SMILES string of the molecule is CCC1CCC(C)N1C(=O)c1cccc(OCC(=O)O)c1. The molecule has 0 radical (unpaired) electrons. The van der Waals surface area contributed by atoms with Gasteiger partial charge >= 0.3 is 5.97 Å². The molecule has 21 heavy (non-hydrogen) atoms. The van der Waals surface area contributed by atoms with Crippen LogP contribution in [0.1, 0.15) is 43.5 Å². The summed E-state index contributed by atoms with van der Waals surface area (Å²) in [5.74, 6) is -0.637. The lowest BCUT2D eigenvalue weighted by atomic mass is 10.1. The standard InChI is InChI=1S/C16H21NO4/c1-3-13-8-7-11(2)17(13)16(20)12-5-4-6-14(9-12)21-10-15(18)19/h4-6,9,11,13H,3,7-8,10H2,1-2H3,(H,18,19). The van der Waals surface area contributed by atoms with Gasteiger partial charge in [-0.15, -0.1) is 0 Å². The number of hydrogen-bond acceptors (Lipinski definition) is 3. The minimum atomic E-state index is -1.04. The number of amides is 1.